The summed E-state index contributed by atoms with van der Waals surface area (Å²) in [5.41, 5.74) is 7.42. The zero-order chi connectivity index (χ0) is 29.7. The third kappa shape index (κ3) is 8.51. The summed E-state index contributed by atoms with van der Waals surface area (Å²) in [5, 5.41) is 19.7. The van der Waals surface area contributed by atoms with Gasteiger partial charge in [0.2, 0.25) is 5.88 Å². The maximum atomic E-state index is 13.7. The minimum absolute atomic E-state index is 0.0560. The standard InChI is InChI=1S/C32H49N5O3/c1-7-12-14-24(9-3)21-36(22-25(10-4)15-13-8-2)30(38)26-16-18-27(19-17-26)34-35-29-23(6)28(20-33)31(39)37(11-5)32(29)40/h16-19,24-25,34-35,39H,7-15,21-22H2,1-6H3. The van der Waals surface area contributed by atoms with E-state index in [1.54, 1.807) is 26.0 Å². The van der Waals surface area contributed by atoms with Crippen LogP contribution in [0.15, 0.2) is 29.1 Å². The first-order valence-electron chi connectivity index (χ1n) is 15.0. The third-order valence-electron chi connectivity index (χ3n) is 7.91. The molecule has 1 amide bonds. The van der Waals surface area contributed by atoms with Crippen molar-refractivity contribution in [1.82, 2.24) is 9.47 Å². The van der Waals surface area contributed by atoms with Gasteiger partial charge in [-0.05, 0) is 62.8 Å². The van der Waals surface area contributed by atoms with Gasteiger partial charge in [0.25, 0.3) is 11.5 Å². The van der Waals surface area contributed by atoms with E-state index in [9.17, 15) is 20.0 Å². The van der Waals surface area contributed by atoms with Crippen molar-refractivity contribution in [3.8, 4) is 11.9 Å². The summed E-state index contributed by atoms with van der Waals surface area (Å²) in [7, 11) is 0. The highest BCUT2D eigenvalue weighted by Gasteiger charge is 2.23. The number of hydrogen-bond donors (Lipinski definition) is 3. The quantitative estimate of drug-likeness (QED) is 0.181. The highest BCUT2D eigenvalue weighted by atomic mass is 16.3. The number of nitrogens with one attached hydrogen (secondary N) is 2. The van der Waals surface area contributed by atoms with Crippen LogP contribution in [-0.4, -0.2) is 33.6 Å². The normalized spacial score (nSPS) is 12.4. The molecule has 40 heavy (non-hydrogen) atoms. The van der Waals surface area contributed by atoms with E-state index in [-0.39, 0.29) is 29.6 Å². The van der Waals surface area contributed by atoms with Gasteiger partial charge in [-0.3, -0.25) is 19.6 Å². The van der Waals surface area contributed by atoms with Crippen molar-refractivity contribution < 1.29 is 9.90 Å². The average Bonchev–Trinajstić information content (AvgIpc) is 2.96. The molecule has 0 bridgehead atoms. The summed E-state index contributed by atoms with van der Waals surface area (Å²) in [4.78, 5) is 28.7. The monoisotopic (exact) mass is 551 g/mol. The summed E-state index contributed by atoms with van der Waals surface area (Å²) in [6.45, 7) is 14.0. The predicted molar refractivity (Wildman–Crippen MR) is 164 cm³/mol. The lowest BCUT2D eigenvalue weighted by molar-refractivity contribution is 0.0685. The molecule has 2 aromatic rings. The Bertz CT molecular complexity index is 1170. The van der Waals surface area contributed by atoms with Gasteiger partial charge < -0.3 is 15.4 Å². The van der Waals surface area contributed by atoms with Crippen molar-refractivity contribution in [3.05, 3.63) is 51.3 Å². The number of pyridine rings is 1. The first kappa shape index (κ1) is 32.7. The highest BCUT2D eigenvalue weighted by molar-refractivity contribution is 5.94. The number of rotatable bonds is 17. The molecule has 0 aliphatic heterocycles. The minimum Gasteiger partial charge on any atom is -0.493 e. The largest absolute Gasteiger partial charge is 0.493 e. The van der Waals surface area contributed by atoms with E-state index in [0.29, 0.717) is 28.7 Å². The molecule has 0 spiro atoms. The van der Waals surface area contributed by atoms with Crippen LogP contribution in [0.2, 0.25) is 0 Å². The average molecular weight is 552 g/mol. The van der Waals surface area contributed by atoms with Gasteiger partial charge in [-0.2, -0.15) is 5.26 Å². The number of nitriles is 1. The Kier molecular flexibility index (Phi) is 13.6. The second-order valence-electron chi connectivity index (χ2n) is 10.7. The van der Waals surface area contributed by atoms with Crippen molar-refractivity contribution in [2.45, 2.75) is 99.5 Å². The van der Waals surface area contributed by atoms with Gasteiger partial charge in [0, 0.05) is 30.8 Å². The van der Waals surface area contributed by atoms with E-state index < -0.39 is 5.56 Å². The number of carbonyl (C=O) groups excluding carboxylic acids is 1. The Morgan fingerprint density at radius 3 is 1.98 bits per heavy atom. The van der Waals surface area contributed by atoms with Crippen LogP contribution in [0.1, 0.15) is 107 Å². The van der Waals surface area contributed by atoms with E-state index in [0.717, 1.165) is 56.2 Å². The first-order valence-corrected chi connectivity index (χ1v) is 15.0. The highest BCUT2D eigenvalue weighted by Crippen LogP contribution is 2.24. The molecule has 3 N–H and O–H groups in total. The van der Waals surface area contributed by atoms with Gasteiger partial charge >= 0.3 is 0 Å². The molecule has 0 aliphatic rings. The van der Waals surface area contributed by atoms with Crippen LogP contribution >= 0.6 is 0 Å². The molecule has 1 aromatic heterocycles. The van der Waals surface area contributed by atoms with Gasteiger partial charge in [0.15, 0.2) is 0 Å². The Hall–Kier alpha value is -3.47. The van der Waals surface area contributed by atoms with Gasteiger partial charge in [-0.1, -0.05) is 66.2 Å². The molecule has 1 heterocycles. The molecule has 8 nitrogen and oxygen atoms in total. The fourth-order valence-corrected chi connectivity index (χ4v) is 5.11. The maximum absolute atomic E-state index is 13.7. The summed E-state index contributed by atoms with van der Waals surface area (Å²) < 4.78 is 1.15. The Morgan fingerprint density at radius 1 is 0.975 bits per heavy atom. The molecule has 0 saturated carbocycles. The minimum atomic E-state index is -0.423. The summed E-state index contributed by atoms with van der Waals surface area (Å²) >= 11 is 0. The van der Waals surface area contributed by atoms with E-state index in [2.05, 4.69) is 43.4 Å². The summed E-state index contributed by atoms with van der Waals surface area (Å²) in [5.74, 6) is 0.724. The van der Waals surface area contributed by atoms with Crippen molar-refractivity contribution in [1.29, 1.82) is 5.26 Å². The number of hydrogen-bond acceptors (Lipinski definition) is 6. The van der Waals surface area contributed by atoms with Crippen LogP contribution in [0.25, 0.3) is 0 Å². The fraction of sp³-hybridized carbons (Fsp3) is 0.594. The third-order valence-corrected chi connectivity index (χ3v) is 7.91. The Labute approximate surface area is 240 Å². The van der Waals surface area contributed by atoms with Crippen LogP contribution in [-0.2, 0) is 6.54 Å². The van der Waals surface area contributed by atoms with Gasteiger partial charge in [0.05, 0.1) is 5.69 Å². The zero-order valence-electron chi connectivity index (χ0n) is 25.3. The van der Waals surface area contributed by atoms with Crippen LogP contribution in [0.5, 0.6) is 5.88 Å². The molecular formula is C32H49N5O3. The van der Waals surface area contributed by atoms with Crippen LogP contribution in [0, 0.1) is 30.1 Å². The number of unbranched alkanes of at least 4 members (excludes halogenated alkanes) is 2. The van der Waals surface area contributed by atoms with Crippen LogP contribution < -0.4 is 16.4 Å². The molecule has 1 aromatic carbocycles. The molecule has 220 valence electrons. The van der Waals surface area contributed by atoms with Gasteiger partial charge in [-0.25, -0.2) is 0 Å². The molecule has 0 saturated heterocycles. The molecule has 0 radical (unpaired) electrons. The zero-order valence-corrected chi connectivity index (χ0v) is 25.3. The number of aromatic hydroxyl groups is 1. The second-order valence-corrected chi connectivity index (χ2v) is 10.7. The lowest BCUT2D eigenvalue weighted by Gasteiger charge is -2.31. The molecule has 0 fully saturated rings. The fourth-order valence-electron chi connectivity index (χ4n) is 5.11. The topological polar surface area (TPSA) is 110 Å². The number of hydrazine groups is 1. The Balaban J connectivity index is 2.24. The molecule has 8 heteroatoms. The number of aromatic nitrogens is 1. The maximum Gasteiger partial charge on any atom is 0.278 e. The van der Waals surface area contributed by atoms with Crippen molar-refractivity contribution in [2.75, 3.05) is 23.9 Å². The van der Waals surface area contributed by atoms with E-state index in [1.165, 1.54) is 12.8 Å². The van der Waals surface area contributed by atoms with Crippen molar-refractivity contribution in [2.24, 2.45) is 11.8 Å². The second kappa shape index (κ2) is 16.6. The van der Waals surface area contributed by atoms with Gasteiger partial charge in [0.1, 0.15) is 17.3 Å². The van der Waals surface area contributed by atoms with Crippen LogP contribution in [0.4, 0.5) is 11.4 Å². The number of anilines is 2. The number of amides is 1. The predicted octanol–water partition coefficient (Wildman–Crippen LogP) is 7.07. The SMILES string of the molecule is CCCCC(CC)CN(CC(CC)CCCC)C(=O)c1ccc(NNc2c(C)c(C#N)c(O)n(CC)c2=O)cc1. The molecule has 0 aliphatic carbocycles. The molecule has 2 atom stereocenters. The molecule has 2 unspecified atom stereocenters. The summed E-state index contributed by atoms with van der Waals surface area (Å²) in [6, 6.07) is 9.21. The van der Waals surface area contributed by atoms with E-state index >= 15 is 0 Å². The molecular weight excluding hydrogens is 502 g/mol. The smallest absolute Gasteiger partial charge is 0.278 e. The number of nitrogens with zero attached hydrogens (tertiary/aromatic N) is 3. The molecule has 2 rings (SSSR count). The van der Waals surface area contributed by atoms with E-state index in [4.69, 9.17) is 0 Å². The number of carbonyl (C=O) groups is 1. The van der Waals surface area contributed by atoms with Crippen LogP contribution in [0.3, 0.4) is 0 Å². The van der Waals surface area contributed by atoms with Gasteiger partial charge in [-0.15, -0.1) is 0 Å². The Morgan fingerprint density at radius 2 is 1.52 bits per heavy atom. The van der Waals surface area contributed by atoms with Crippen molar-refractivity contribution in [3.63, 3.8) is 0 Å². The first-order chi connectivity index (χ1) is 19.3. The van der Waals surface area contributed by atoms with Crippen molar-refractivity contribution >= 4 is 17.3 Å². The van der Waals surface area contributed by atoms with E-state index in [1.807, 2.05) is 18.2 Å². The number of benzene rings is 1. The summed E-state index contributed by atoms with van der Waals surface area (Å²) in [6.07, 6.45) is 9.09. The lowest BCUT2D eigenvalue weighted by atomic mass is 9.95. The lowest BCUT2D eigenvalue weighted by Crippen LogP contribution is -2.39.